The van der Waals surface area contributed by atoms with E-state index in [0.717, 1.165) is 45.2 Å². The lowest BCUT2D eigenvalue weighted by atomic mass is 10.1. The highest BCUT2D eigenvalue weighted by atomic mass is 16.2. The van der Waals surface area contributed by atoms with Crippen molar-refractivity contribution in [1.82, 2.24) is 10.6 Å². The van der Waals surface area contributed by atoms with Crippen LogP contribution in [0.5, 0.6) is 0 Å². The minimum atomic E-state index is -0.506. The largest absolute Gasteiger partial charge is 0.341 e. The first-order valence-electron chi connectivity index (χ1n) is 5.75. The Balaban J connectivity index is 2.30. The maximum absolute atomic E-state index is 11.7. The molecule has 0 saturated carbocycles. The van der Waals surface area contributed by atoms with Crippen LogP contribution in [0.4, 0.5) is 0 Å². The number of piperidine rings is 1. The molecule has 0 aliphatic carbocycles. The highest BCUT2D eigenvalue weighted by Gasteiger charge is 2.22. The normalized spacial score (nSPS) is 19.4. The van der Waals surface area contributed by atoms with E-state index < -0.39 is 6.04 Å². The molecule has 1 amide bonds. The predicted octanol–water partition coefficient (Wildman–Crippen LogP) is 1.84. The molecule has 1 rings (SSSR count). The molecule has 1 radical (unpaired) electrons. The maximum Gasteiger partial charge on any atom is 0.241 e. The first-order chi connectivity index (χ1) is 6.75. The van der Waals surface area contributed by atoms with E-state index in [1.807, 2.05) is 4.90 Å². The first-order valence-corrected chi connectivity index (χ1v) is 5.75. The lowest BCUT2D eigenvalue weighted by Gasteiger charge is -2.28. The van der Waals surface area contributed by atoms with Crippen molar-refractivity contribution in [3.8, 4) is 0 Å². The lowest BCUT2D eigenvalue weighted by molar-refractivity contribution is -0.133. The fraction of sp³-hybridized carbons (Fsp3) is 0.909. The first kappa shape index (κ1) is 11.5. The maximum atomic E-state index is 11.7. The van der Waals surface area contributed by atoms with Crippen molar-refractivity contribution in [1.29, 1.82) is 0 Å². The Kier molecular flexibility index (Phi) is 4.94. The second-order valence-corrected chi connectivity index (χ2v) is 4.08. The van der Waals surface area contributed by atoms with Crippen LogP contribution in [0.15, 0.2) is 0 Å². The summed E-state index contributed by atoms with van der Waals surface area (Å²) >= 11 is 0. The van der Waals surface area contributed by atoms with Crippen molar-refractivity contribution >= 4 is 5.91 Å². The Morgan fingerprint density at radius 3 is 2.57 bits per heavy atom. The standard InChI is InChI=1S/C11H21N2O/c1-2-3-7-10(12)11(14)13-8-5-4-6-9-13/h10,12H,2-9H2,1H3. The molecule has 0 spiro atoms. The Labute approximate surface area is 86.6 Å². The SMILES string of the molecule is CCCCC([NH])C(=O)N1CCCCC1. The molecule has 1 fully saturated rings. The fourth-order valence-corrected chi connectivity index (χ4v) is 1.87. The van der Waals surface area contributed by atoms with Crippen LogP contribution in [-0.4, -0.2) is 29.9 Å². The smallest absolute Gasteiger partial charge is 0.241 e. The molecule has 0 aromatic heterocycles. The molecule has 81 valence electrons. The molecule has 1 unspecified atom stereocenters. The molecule has 1 N–H and O–H groups in total. The summed E-state index contributed by atoms with van der Waals surface area (Å²) < 4.78 is 0. The van der Waals surface area contributed by atoms with Gasteiger partial charge < -0.3 is 4.90 Å². The van der Waals surface area contributed by atoms with E-state index in [1.165, 1.54) is 6.42 Å². The van der Waals surface area contributed by atoms with E-state index in [4.69, 9.17) is 5.73 Å². The van der Waals surface area contributed by atoms with Gasteiger partial charge in [-0.2, -0.15) is 0 Å². The predicted molar refractivity (Wildman–Crippen MR) is 56.8 cm³/mol. The summed E-state index contributed by atoms with van der Waals surface area (Å²) in [6, 6.07) is -0.506. The number of likely N-dealkylation sites (tertiary alicyclic amines) is 1. The average molecular weight is 197 g/mol. The second-order valence-electron chi connectivity index (χ2n) is 4.08. The van der Waals surface area contributed by atoms with E-state index >= 15 is 0 Å². The zero-order valence-corrected chi connectivity index (χ0v) is 9.09. The molecule has 0 aromatic rings. The van der Waals surface area contributed by atoms with Crippen LogP contribution in [0, 0.1) is 0 Å². The van der Waals surface area contributed by atoms with Crippen LogP contribution in [0.2, 0.25) is 0 Å². The van der Waals surface area contributed by atoms with Gasteiger partial charge in [-0.1, -0.05) is 19.8 Å². The van der Waals surface area contributed by atoms with E-state index in [0.29, 0.717) is 0 Å². The average Bonchev–Trinajstić information content (AvgIpc) is 2.26. The quantitative estimate of drug-likeness (QED) is 0.678. The van der Waals surface area contributed by atoms with Gasteiger partial charge in [0.1, 0.15) is 6.04 Å². The number of nitrogens with zero attached hydrogens (tertiary/aromatic N) is 1. The lowest BCUT2D eigenvalue weighted by Crippen LogP contribution is -2.42. The van der Waals surface area contributed by atoms with E-state index in [9.17, 15) is 4.79 Å². The number of unbranched alkanes of at least 4 members (excludes halogenated alkanes) is 1. The number of hydrogen-bond acceptors (Lipinski definition) is 1. The van der Waals surface area contributed by atoms with Crippen molar-refractivity contribution in [3.05, 3.63) is 0 Å². The zero-order valence-electron chi connectivity index (χ0n) is 9.09. The van der Waals surface area contributed by atoms with Gasteiger partial charge in [-0.25, -0.2) is 5.73 Å². The second kappa shape index (κ2) is 6.02. The molecule has 1 saturated heterocycles. The zero-order chi connectivity index (χ0) is 10.4. The van der Waals surface area contributed by atoms with Gasteiger partial charge in [0, 0.05) is 13.1 Å². The van der Waals surface area contributed by atoms with Gasteiger partial charge >= 0.3 is 0 Å². The van der Waals surface area contributed by atoms with Crippen LogP contribution >= 0.6 is 0 Å². The minimum absolute atomic E-state index is 0.0538. The summed E-state index contributed by atoms with van der Waals surface area (Å²) in [6.07, 6.45) is 6.27. The summed E-state index contributed by atoms with van der Waals surface area (Å²) in [4.78, 5) is 13.6. The van der Waals surface area contributed by atoms with Crippen molar-refractivity contribution in [2.24, 2.45) is 0 Å². The van der Waals surface area contributed by atoms with Gasteiger partial charge in [-0.15, -0.1) is 0 Å². The third kappa shape index (κ3) is 3.29. The van der Waals surface area contributed by atoms with Crippen molar-refractivity contribution < 1.29 is 4.79 Å². The van der Waals surface area contributed by atoms with E-state index in [2.05, 4.69) is 6.92 Å². The van der Waals surface area contributed by atoms with Gasteiger partial charge in [0.2, 0.25) is 5.91 Å². The van der Waals surface area contributed by atoms with Gasteiger partial charge in [0.25, 0.3) is 0 Å². The monoisotopic (exact) mass is 197 g/mol. The Bertz CT molecular complexity index is 176. The fourth-order valence-electron chi connectivity index (χ4n) is 1.87. The molecule has 0 bridgehead atoms. The minimum Gasteiger partial charge on any atom is -0.341 e. The van der Waals surface area contributed by atoms with E-state index in [1.54, 1.807) is 0 Å². The third-order valence-electron chi connectivity index (χ3n) is 2.81. The van der Waals surface area contributed by atoms with E-state index in [-0.39, 0.29) is 5.91 Å². The molecule has 1 heterocycles. The summed E-state index contributed by atoms with van der Waals surface area (Å²) in [7, 11) is 0. The van der Waals surface area contributed by atoms with Crippen molar-refractivity contribution in [2.45, 2.75) is 51.5 Å². The molecule has 14 heavy (non-hydrogen) atoms. The molecular weight excluding hydrogens is 176 g/mol. The molecule has 1 aliphatic rings. The van der Waals surface area contributed by atoms with Crippen molar-refractivity contribution in [2.75, 3.05) is 13.1 Å². The highest BCUT2D eigenvalue weighted by molar-refractivity contribution is 5.81. The van der Waals surface area contributed by atoms with Crippen LogP contribution in [0.3, 0.4) is 0 Å². The third-order valence-corrected chi connectivity index (χ3v) is 2.81. The van der Waals surface area contributed by atoms with Gasteiger partial charge in [-0.3, -0.25) is 4.79 Å². The van der Waals surface area contributed by atoms with Gasteiger partial charge in [0.05, 0.1) is 0 Å². The summed E-state index contributed by atoms with van der Waals surface area (Å²) in [5.41, 5.74) is 7.73. The molecule has 3 heteroatoms. The van der Waals surface area contributed by atoms with Gasteiger partial charge in [-0.05, 0) is 25.7 Å². The highest BCUT2D eigenvalue weighted by Crippen LogP contribution is 2.11. The Hall–Kier alpha value is -0.570. The number of rotatable bonds is 4. The molecule has 1 aliphatic heterocycles. The van der Waals surface area contributed by atoms with Crippen molar-refractivity contribution in [3.63, 3.8) is 0 Å². The van der Waals surface area contributed by atoms with Gasteiger partial charge in [0.15, 0.2) is 0 Å². The topological polar surface area (TPSA) is 44.1 Å². The van der Waals surface area contributed by atoms with Crippen LogP contribution in [0.1, 0.15) is 45.4 Å². The Morgan fingerprint density at radius 1 is 1.36 bits per heavy atom. The molecule has 1 atom stereocenters. The molecule has 0 aromatic carbocycles. The molecular formula is C11H21N2O. The summed E-state index contributed by atoms with van der Waals surface area (Å²) in [5.74, 6) is 0.0538. The number of carbonyl (C=O) groups excluding carboxylic acids is 1. The Morgan fingerprint density at radius 2 is 2.00 bits per heavy atom. The number of carbonyl (C=O) groups is 1. The van der Waals surface area contributed by atoms with Crippen LogP contribution < -0.4 is 5.73 Å². The van der Waals surface area contributed by atoms with Crippen LogP contribution in [-0.2, 0) is 4.79 Å². The van der Waals surface area contributed by atoms with Crippen LogP contribution in [0.25, 0.3) is 0 Å². The number of nitrogens with one attached hydrogen (secondary N) is 1. The summed E-state index contributed by atoms with van der Waals surface area (Å²) in [5, 5.41) is 0. The summed E-state index contributed by atoms with van der Waals surface area (Å²) in [6.45, 7) is 3.85. The number of amides is 1. The number of hydrogen-bond donors (Lipinski definition) is 0. The molecule has 3 nitrogen and oxygen atoms in total.